The molecule has 24 heavy (non-hydrogen) atoms. The van der Waals surface area contributed by atoms with Gasteiger partial charge in [-0.2, -0.15) is 10.1 Å². The molecule has 122 valence electrons. The van der Waals surface area contributed by atoms with Crippen molar-refractivity contribution < 1.29 is 9.66 Å². The normalized spacial score (nSPS) is 10.6. The third kappa shape index (κ3) is 3.37. The number of non-ortho nitro benzene ring substituents is 1. The highest BCUT2D eigenvalue weighted by Crippen LogP contribution is 2.25. The Morgan fingerprint density at radius 2 is 2.00 bits per heavy atom. The summed E-state index contributed by atoms with van der Waals surface area (Å²) in [5.74, 6) is 1.44. The Bertz CT molecular complexity index is 874. The Morgan fingerprint density at radius 3 is 2.58 bits per heavy atom. The van der Waals surface area contributed by atoms with Crippen molar-refractivity contribution in [1.29, 1.82) is 0 Å². The zero-order valence-corrected chi connectivity index (χ0v) is 13.2. The zero-order valence-electron chi connectivity index (χ0n) is 13.2. The van der Waals surface area contributed by atoms with Crippen LogP contribution < -0.4 is 4.74 Å². The van der Waals surface area contributed by atoms with Gasteiger partial charge in [-0.1, -0.05) is 6.92 Å². The van der Waals surface area contributed by atoms with E-state index in [1.807, 2.05) is 6.92 Å². The summed E-state index contributed by atoms with van der Waals surface area (Å²) in [5.41, 5.74) is 1.53. The van der Waals surface area contributed by atoms with Gasteiger partial charge in [-0.05, 0) is 18.6 Å². The summed E-state index contributed by atoms with van der Waals surface area (Å²) < 4.78 is 7.36. The molecule has 0 radical (unpaired) electrons. The van der Waals surface area contributed by atoms with Gasteiger partial charge in [0.15, 0.2) is 11.6 Å². The second-order valence-electron chi connectivity index (χ2n) is 5.13. The first-order valence-corrected chi connectivity index (χ1v) is 7.34. The van der Waals surface area contributed by atoms with Gasteiger partial charge in [-0.25, -0.2) is 4.98 Å². The fourth-order valence-electron chi connectivity index (χ4n) is 2.14. The van der Waals surface area contributed by atoms with E-state index in [4.69, 9.17) is 4.74 Å². The topological polar surface area (TPSA) is 96.0 Å². The van der Waals surface area contributed by atoms with E-state index in [-0.39, 0.29) is 5.69 Å². The molecule has 1 aromatic carbocycles. The molecule has 0 fully saturated rings. The highest BCUT2D eigenvalue weighted by molar-refractivity contribution is 5.58. The Kier molecular flexibility index (Phi) is 4.19. The van der Waals surface area contributed by atoms with Crippen LogP contribution in [0.3, 0.4) is 0 Å². The first-order chi connectivity index (χ1) is 11.5. The van der Waals surface area contributed by atoms with Crippen LogP contribution in [0, 0.1) is 10.1 Å². The van der Waals surface area contributed by atoms with E-state index in [9.17, 15) is 10.1 Å². The molecule has 2 heterocycles. The highest BCUT2D eigenvalue weighted by atomic mass is 16.6. The van der Waals surface area contributed by atoms with Crippen LogP contribution in [0.25, 0.3) is 11.4 Å². The molecule has 0 amide bonds. The maximum absolute atomic E-state index is 10.8. The molecule has 0 aliphatic carbocycles. The molecule has 0 unspecified atom stereocenters. The SMILES string of the molecule is CCc1cc(Oc2cnn(C)c2)nc(-c2ccc([N+](=O)[O-])cc2)n1. The minimum absolute atomic E-state index is 0.0252. The minimum Gasteiger partial charge on any atom is -0.436 e. The van der Waals surface area contributed by atoms with Gasteiger partial charge in [-0.15, -0.1) is 0 Å². The van der Waals surface area contributed by atoms with Crippen LogP contribution in [0.5, 0.6) is 11.6 Å². The Morgan fingerprint density at radius 1 is 1.25 bits per heavy atom. The van der Waals surface area contributed by atoms with E-state index < -0.39 is 4.92 Å². The maximum Gasteiger partial charge on any atom is 0.269 e. The van der Waals surface area contributed by atoms with Crippen molar-refractivity contribution in [3.8, 4) is 23.0 Å². The van der Waals surface area contributed by atoms with E-state index in [0.717, 1.165) is 5.69 Å². The molecule has 0 bridgehead atoms. The largest absolute Gasteiger partial charge is 0.436 e. The second kappa shape index (κ2) is 6.45. The third-order valence-corrected chi connectivity index (χ3v) is 3.36. The lowest BCUT2D eigenvalue weighted by Crippen LogP contribution is -1.98. The summed E-state index contributed by atoms with van der Waals surface area (Å²) in [6, 6.07) is 7.88. The van der Waals surface area contributed by atoms with Gasteiger partial charge in [0.25, 0.3) is 5.69 Å². The van der Waals surface area contributed by atoms with Crippen LogP contribution in [-0.2, 0) is 13.5 Å². The predicted octanol–water partition coefficient (Wildman–Crippen LogP) is 3.14. The number of aryl methyl sites for hydroxylation is 2. The molecule has 8 heteroatoms. The summed E-state index contributed by atoms with van der Waals surface area (Å²) in [7, 11) is 1.80. The van der Waals surface area contributed by atoms with E-state index >= 15 is 0 Å². The second-order valence-corrected chi connectivity index (χ2v) is 5.13. The molecule has 0 atom stereocenters. The average Bonchev–Trinajstić information content (AvgIpc) is 2.99. The summed E-state index contributed by atoms with van der Waals surface area (Å²) in [6.07, 6.45) is 4.05. The predicted molar refractivity (Wildman–Crippen MR) is 86.8 cm³/mol. The molecular weight excluding hydrogens is 310 g/mol. The number of rotatable bonds is 5. The summed E-state index contributed by atoms with van der Waals surface area (Å²) >= 11 is 0. The molecule has 0 N–H and O–H groups in total. The number of hydrogen-bond donors (Lipinski definition) is 0. The van der Waals surface area contributed by atoms with Gasteiger partial charge in [0.2, 0.25) is 5.88 Å². The quantitative estimate of drug-likeness (QED) is 0.528. The zero-order chi connectivity index (χ0) is 17.1. The fraction of sp³-hybridized carbons (Fsp3) is 0.188. The van der Waals surface area contributed by atoms with Crippen LogP contribution in [-0.4, -0.2) is 24.7 Å². The fourth-order valence-corrected chi connectivity index (χ4v) is 2.14. The lowest BCUT2D eigenvalue weighted by atomic mass is 10.2. The number of nitrogens with zero attached hydrogens (tertiary/aromatic N) is 5. The smallest absolute Gasteiger partial charge is 0.269 e. The molecule has 2 aromatic heterocycles. The number of nitro groups is 1. The van der Waals surface area contributed by atoms with Crippen molar-refractivity contribution in [2.45, 2.75) is 13.3 Å². The number of nitro benzene ring substituents is 1. The molecule has 0 saturated carbocycles. The number of aromatic nitrogens is 4. The van der Waals surface area contributed by atoms with Crippen molar-refractivity contribution in [1.82, 2.24) is 19.7 Å². The van der Waals surface area contributed by atoms with Crippen molar-refractivity contribution in [2.75, 3.05) is 0 Å². The van der Waals surface area contributed by atoms with E-state index in [2.05, 4.69) is 15.1 Å². The molecule has 0 aliphatic rings. The van der Waals surface area contributed by atoms with E-state index in [0.29, 0.717) is 29.4 Å². The summed E-state index contributed by atoms with van der Waals surface area (Å²) in [4.78, 5) is 19.2. The van der Waals surface area contributed by atoms with Gasteiger partial charge in [-0.3, -0.25) is 14.8 Å². The van der Waals surface area contributed by atoms with Gasteiger partial charge >= 0.3 is 0 Å². The summed E-state index contributed by atoms with van der Waals surface area (Å²) in [5, 5.41) is 14.8. The lowest BCUT2D eigenvalue weighted by molar-refractivity contribution is -0.384. The minimum atomic E-state index is -0.440. The monoisotopic (exact) mass is 325 g/mol. The highest BCUT2D eigenvalue weighted by Gasteiger charge is 2.11. The van der Waals surface area contributed by atoms with Crippen LogP contribution in [0.2, 0.25) is 0 Å². The lowest BCUT2D eigenvalue weighted by Gasteiger charge is -2.07. The van der Waals surface area contributed by atoms with Crippen LogP contribution in [0.15, 0.2) is 42.7 Å². The molecule has 3 rings (SSSR count). The van der Waals surface area contributed by atoms with Gasteiger partial charge < -0.3 is 4.74 Å². The van der Waals surface area contributed by atoms with Crippen molar-refractivity contribution in [3.05, 3.63) is 58.5 Å². The Labute approximate surface area is 137 Å². The van der Waals surface area contributed by atoms with Crippen LogP contribution >= 0.6 is 0 Å². The molecule has 0 aliphatic heterocycles. The first-order valence-electron chi connectivity index (χ1n) is 7.34. The summed E-state index contributed by atoms with van der Waals surface area (Å²) in [6.45, 7) is 1.98. The van der Waals surface area contributed by atoms with Crippen molar-refractivity contribution >= 4 is 5.69 Å². The number of ether oxygens (including phenoxy) is 1. The van der Waals surface area contributed by atoms with Gasteiger partial charge in [0.05, 0.1) is 17.3 Å². The number of benzene rings is 1. The van der Waals surface area contributed by atoms with Crippen molar-refractivity contribution in [2.24, 2.45) is 7.05 Å². The van der Waals surface area contributed by atoms with Gasteiger partial charge in [0, 0.05) is 36.5 Å². The average molecular weight is 325 g/mol. The first kappa shape index (κ1) is 15.6. The molecule has 0 spiro atoms. The Hall–Kier alpha value is -3.29. The Balaban J connectivity index is 1.95. The third-order valence-electron chi connectivity index (χ3n) is 3.36. The standard InChI is InChI=1S/C16H15N5O3/c1-3-12-8-15(24-14-9-17-20(2)10-14)19-16(18-12)11-4-6-13(7-5-11)21(22)23/h4-10H,3H2,1-2H3. The van der Waals surface area contributed by atoms with Crippen molar-refractivity contribution in [3.63, 3.8) is 0 Å². The molecule has 8 nitrogen and oxygen atoms in total. The maximum atomic E-state index is 10.8. The molecule has 3 aromatic rings. The van der Waals surface area contributed by atoms with Crippen LogP contribution in [0.4, 0.5) is 5.69 Å². The van der Waals surface area contributed by atoms with Gasteiger partial charge in [0.1, 0.15) is 0 Å². The molecule has 0 saturated heterocycles. The number of hydrogen-bond acceptors (Lipinski definition) is 6. The van der Waals surface area contributed by atoms with E-state index in [1.165, 1.54) is 12.1 Å². The van der Waals surface area contributed by atoms with E-state index in [1.54, 1.807) is 42.3 Å². The van der Waals surface area contributed by atoms with Crippen LogP contribution in [0.1, 0.15) is 12.6 Å². The molecular formula is C16H15N5O3.